The van der Waals surface area contributed by atoms with Gasteiger partial charge in [-0.05, 0) is 24.6 Å². The van der Waals surface area contributed by atoms with Crippen molar-refractivity contribution in [3.05, 3.63) is 24.6 Å². The minimum absolute atomic E-state index is 0.555. The lowest BCUT2D eigenvalue weighted by Crippen LogP contribution is -1.95. The van der Waals surface area contributed by atoms with Crippen LogP contribution in [0, 0.1) is 6.92 Å². The molecule has 1 rings (SSSR count). The van der Waals surface area contributed by atoms with Crippen molar-refractivity contribution in [1.29, 1.82) is 0 Å². The lowest BCUT2D eigenvalue weighted by atomic mass is 10.2. The van der Waals surface area contributed by atoms with Crippen molar-refractivity contribution in [2.24, 2.45) is 0 Å². The van der Waals surface area contributed by atoms with Crippen molar-refractivity contribution in [2.45, 2.75) is 0 Å². The molecule has 3 heteroatoms. The van der Waals surface area contributed by atoms with Gasteiger partial charge in [-0.15, -0.1) is 0 Å². The molecular weight excluding hydrogens is 168 g/mol. The molecule has 0 atom stereocenters. The third-order valence-corrected chi connectivity index (χ3v) is 1.69. The van der Waals surface area contributed by atoms with Crippen molar-refractivity contribution in [3.8, 4) is 17.2 Å². The summed E-state index contributed by atoms with van der Waals surface area (Å²) < 4.78 is 15.3. The first kappa shape index (κ1) is 9.71. The van der Waals surface area contributed by atoms with Crippen LogP contribution in [0.1, 0.15) is 5.56 Å². The van der Waals surface area contributed by atoms with Crippen molar-refractivity contribution in [3.63, 3.8) is 0 Å². The predicted molar refractivity (Wildman–Crippen MR) is 49.5 cm³/mol. The Labute approximate surface area is 78.2 Å². The molecule has 0 aromatic heterocycles. The first-order valence-electron chi connectivity index (χ1n) is 3.78. The summed E-state index contributed by atoms with van der Waals surface area (Å²) in [5.74, 6) is 1.69. The Morgan fingerprint density at radius 1 is 0.923 bits per heavy atom. The topological polar surface area (TPSA) is 27.7 Å². The maximum atomic E-state index is 5.62. The van der Waals surface area contributed by atoms with E-state index in [4.69, 9.17) is 21.1 Å². The molecule has 0 saturated heterocycles. The Morgan fingerprint density at radius 2 is 1.38 bits per heavy atom. The molecule has 0 fully saturated rings. The van der Waals surface area contributed by atoms with Crippen LogP contribution >= 0.6 is 0 Å². The molecule has 13 heavy (non-hydrogen) atoms. The number of methoxy groups -OCH3 is 3. The highest BCUT2D eigenvalue weighted by molar-refractivity contribution is 5.54. The second-order valence-corrected chi connectivity index (χ2v) is 2.46. The highest BCUT2D eigenvalue weighted by atomic mass is 16.5. The fourth-order valence-corrected chi connectivity index (χ4v) is 1.10. The molecule has 0 spiro atoms. The molecule has 2 radical (unpaired) electrons. The fraction of sp³-hybridized carbons (Fsp3) is 0.300. The van der Waals surface area contributed by atoms with Crippen molar-refractivity contribution in [1.82, 2.24) is 0 Å². The summed E-state index contributed by atoms with van der Waals surface area (Å²) in [6.07, 6.45) is 0. The van der Waals surface area contributed by atoms with Gasteiger partial charge in [0.15, 0.2) is 11.5 Å². The normalized spacial score (nSPS) is 9.54. The van der Waals surface area contributed by atoms with Crippen LogP contribution in [0.15, 0.2) is 12.1 Å². The van der Waals surface area contributed by atoms with E-state index in [2.05, 4.69) is 0 Å². The van der Waals surface area contributed by atoms with E-state index in [1.807, 2.05) is 0 Å². The highest BCUT2D eigenvalue weighted by Gasteiger charge is 2.10. The monoisotopic (exact) mass is 180 g/mol. The van der Waals surface area contributed by atoms with Gasteiger partial charge < -0.3 is 14.2 Å². The highest BCUT2D eigenvalue weighted by Crippen LogP contribution is 2.37. The third-order valence-electron chi connectivity index (χ3n) is 1.69. The minimum atomic E-state index is 0.555. The summed E-state index contributed by atoms with van der Waals surface area (Å²) in [5, 5.41) is 0. The van der Waals surface area contributed by atoms with Crippen molar-refractivity contribution in [2.75, 3.05) is 21.3 Å². The number of hydrogen-bond acceptors (Lipinski definition) is 3. The first-order chi connectivity index (χ1) is 6.22. The van der Waals surface area contributed by atoms with Gasteiger partial charge in [-0.2, -0.15) is 0 Å². The van der Waals surface area contributed by atoms with Crippen LogP contribution in [0.25, 0.3) is 0 Å². The zero-order chi connectivity index (χ0) is 9.84. The van der Waals surface area contributed by atoms with Gasteiger partial charge in [-0.3, -0.25) is 0 Å². The summed E-state index contributed by atoms with van der Waals surface area (Å²) >= 11 is 0. The Hall–Kier alpha value is -1.38. The fourth-order valence-electron chi connectivity index (χ4n) is 1.10. The molecule has 0 aliphatic rings. The van der Waals surface area contributed by atoms with Crippen LogP contribution in [-0.4, -0.2) is 21.3 Å². The van der Waals surface area contributed by atoms with E-state index in [-0.39, 0.29) is 0 Å². The van der Waals surface area contributed by atoms with Gasteiger partial charge in [0.25, 0.3) is 0 Å². The average molecular weight is 180 g/mol. The van der Waals surface area contributed by atoms with E-state index in [9.17, 15) is 0 Å². The smallest absolute Gasteiger partial charge is 0.203 e. The zero-order valence-corrected chi connectivity index (χ0v) is 7.96. The maximum Gasteiger partial charge on any atom is 0.203 e. The molecule has 0 heterocycles. The summed E-state index contributed by atoms with van der Waals surface area (Å²) in [5.41, 5.74) is 0.578. The molecule has 3 nitrogen and oxygen atoms in total. The van der Waals surface area contributed by atoms with E-state index in [0.29, 0.717) is 22.8 Å². The van der Waals surface area contributed by atoms with Gasteiger partial charge in [0.2, 0.25) is 5.75 Å². The van der Waals surface area contributed by atoms with E-state index < -0.39 is 0 Å². The Morgan fingerprint density at radius 3 is 1.69 bits per heavy atom. The second kappa shape index (κ2) is 4.03. The first-order valence-corrected chi connectivity index (χ1v) is 3.78. The molecule has 1 aromatic carbocycles. The molecular formula is C10H12O3. The van der Waals surface area contributed by atoms with Gasteiger partial charge in [0.1, 0.15) is 0 Å². The second-order valence-electron chi connectivity index (χ2n) is 2.46. The molecule has 0 aliphatic heterocycles. The number of benzene rings is 1. The summed E-state index contributed by atoms with van der Waals surface area (Å²) in [6.45, 7) is 5.62. The van der Waals surface area contributed by atoms with E-state index in [1.165, 1.54) is 0 Å². The van der Waals surface area contributed by atoms with Crippen LogP contribution in [0.5, 0.6) is 17.2 Å². The van der Waals surface area contributed by atoms with Crippen molar-refractivity contribution >= 4 is 0 Å². The lowest BCUT2D eigenvalue weighted by molar-refractivity contribution is 0.324. The van der Waals surface area contributed by atoms with Gasteiger partial charge in [-0.25, -0.2) is 0 Å². The SMILES string of the molecule is [CH]c1cc(OC)c(OC)c(OC)c1. The lowest BCUT2D eigenvalue weighted by Gasteiger charge is -2.12. The summed E-state index contributed by atoms with van der Waals surface area (Å²) in [6, 6.07) is 3.36. The van der Waals surface area contributed by atoms with Crippen LogP contribution in [0.2, 0.25) is 0 Å². The van der Waals surface area contributed by atoms with Gasteiger partial charge in [0.05, 0.1) is 21.3 Å². The van der Waals surface area contributed by atoms with Crippen LogP contribution in [0.4, 0.5) is 0 Å². The molecule has 1 aromatic rings. The quantitative estimate of drug-likeness (QED) is 0.709. The molecule has 0 amide bonds. The predicted octanol–water partition coefficient (Wildman–Crippen LogP) is 1.77. The Bertz CT molecular complexity index is 269. The maximum absolute atomic E-state index is 5.62. The average Bonchev–Trinajstić information content (AvgIpc) is 2.16. The van der Waals surface area contributed by atoms with E-state index in [0.717, 1.165) is 0 Å². The van der Waals surface area contributed by atoms with Crippen LogP contribution in [0.3, 0.4) is 0 Å². The van der Waals surface area contributed by atoms with Crippen LogP contribution < -0.4 is 14.2 Å². The van der Waals surface area contributed by atoms with Gasteiger partial charge in [-0.1, -0.05) is 0 Å². The largest absolute Gasteiger partial charge is 0.493 e. The van der Waals surface area contributed by atoms with Gasteiger partial charge >= 0.3 is 0 Å². The van der Waals surface area contributed by atoms with Crippen LogP contribution in [-0.2, 0) is 0 Å². The Balaban J connectivity index is 3.25. The Kier molecular flexibility index (Phi) is 3.01. The molecule has 0 saturated carbocycles. The van der Waals surface area contributed by atoms with Gasteiger partial charge in [0, 0.05) is 0 Å². The summed E-state index contributed by atoms with van der Waals surface area (Å²) in [7, 11) is 4.66. The molecule has 0 N–H and O–H groups in total. The number of rotatable bonds is 3. The number of ether oxygens (including phenoxy) is 3. The molecule has 0 bridgehead atoms. The minimum Gasteiger partial charge on any atom is -0.493 e. The standard InChI is InChI=1S/C10H12O3/c1-7-5-8(11-2)10(13-4)9(6-7)12-3/h1,5-6H,2-4H3. The number of hydrogen-bond donors (Lipinski definition) is 0. The summed E-state index contributed by atoms with van der Waals surface area (Å²) in [4.78, 5) is 0. The third kappa shape index (κ3) is 1.86. The van der Waals surface area contributed by atoms with Crippen molar-refractivity contribution < 1.29 is 14.2 Å². The van der Waals surface area contributed by atoms with E-state index in [1.54, 1.807) is 33.5 Å². The van der Waals surface area contributed by atoms with E-state index >= 15 is 0 Å². The molecule has 70 valence electrons. The zero-order valence-electron chi connectivity index (χ0n) is 7.96. The molecule has 0 aliphatic carbocycles. The molecule has 0 unspecified atom stereocenters.